The molecule has 0 spiro atoms. The van der Waals surface area contributed by atoms with Crippen LogP contribution in [0.15, 0.2) is 48.5 Å². The van der Waals surface area contributed by atoms with Gasteiger partial charge in [0.1, 0.15) is 0 Å². The number of aliphatic hydroxyl groups is 1. The van der Waals surface area contributed by atoms with Crippen molar-refractivity contribution in [3.05, 3.63) is 59.7 Å². The van der Waals surface area contributed by atoms with E-state index in [1.807, 2.05) is 48.5 Å². The Labute approximate surface area is 138 Å². The van der Waals surface area contributed by atoms with Crippen LogP contribution < -0.4 is 14.8 Å². The molecule has 2 atom stereocenters. The molecule has 0 saturated carbocycles. The van der Waals surface area contributed by atoms with Crippen LogP contribution in [-0.2, 0) is 0 Å². The van der Waals surface area contributed by atoms with E-state index in [0.29, 0.717) is 12.3 Å². The van der Waals surface area contributed by atoms with E-state index >= 15 is 0 Å². The van der Waals surface area contributed by atoms with E-state index in [9.17, 15) is 5.11 Å². The fraction of sp³-hybridized carbons (Fsp3) is 0.368. The first-order chi connectivity index (χ1) is 11.2. The molecule has 2 N–H and O–H groups in total. The van der Waals surface area contributed by atoms with Crippen LogP contribution in [0.3, 0.4) is 0 Å². The second kappa shape index (κ2) is 8.56. The Hall–Kier alpha value is -2.04. The molecule has 4 nitrogen and oxygen atoms in total. The average molecular weight is 315 g/mol. The van der Waals surface area contributed by atoms with Crippen molar-refractivity contribution in [1.82, 2.24) is 5.32 Å². The normalized spacial score (nSPS) is 13.4. The largest absolute Gasteiger partial charge is 0.493 e. The quantitative estimate of drug-likeness (QED) is 0.783. The minimum atomic E-state index is -0.523. The number of rotatable bonds is 8. The maximum absolute atomic E-state index is 10.3. The molecule has 2 rings (SSSR count). The summed E-state index contributed by atoms with van der Waals surface area (Å²) >= 11 is 0. The molecule has 0 aliphatic rings. The molecule has 0 aliphatic heterocycles. The van der Waals surface area contributed by atoms with Gasteiger partial charge in [0.25, 0.3) is 0 Å². The van der Waals surface area contributed by atoms with Crippen molar-refractivity contribution < 1.29 is 14.6 Å². The first-order valence-electron chi connectivity index (χ1n) is 7.87. The van der Waals surface area contributed by atoms with Crippen LogP contribution >= 0.6 is 0 Å². The number of ether oxygens (including phenoxy) is 2. The Morgan fingerprint density at radius 2 is 1.65 bits per heavy atom. The molecule has 23 heavy (non-hydrogen) atoms. The molecule has 0 aliphatic carbocycles. The smallest absolute Gasteiger partial charge is 0.161 e. The first kappa shape index (κ1) is 17.3. The molecule has 0 bridgehead atoms. The van der Waals surface area contributed by atoms with Crippen molar-refractivity contribution in [2.45, 2.75) is 25.5 Å². The predicted octanol–water partition coefficient (Wildman–Crippen LogP) is 3.48. The van der Waals surface area contributed by atoms with Gasteiger partial charge in [0.2, 0.25) is 0 Å². The van der Waals surface area contributed by atoms with Crippen molar-refractivity contribution >= 4 is 0 Å². The van der Waals surface area contributed by atoms with Gasteiger partial charge in [-0.25, -0.2) is 0 Å². The van der Waals surface area contributed by atoms with Crippen LogP contribution in [0.2, 0.25) is 0 Å². The second-order valence-electron chi connectivity index (χ2n) is 5.41. The van der Waals surface area contributed by atoms with E-state index < -0.39 is 6.10 Å². The lowest BCUT2D eigenvalue weighted by Gasteiger charge is -2.21. The third-order valence-corrected chi connectivity index (χ3v) is 3.96. The molecule has 2 unspecified atom stereocenters. The van der Waals surface area contributed by atoms with Crippen LogP contribution in [0.1, 0.15) is 36.6 Å². The predicted molar refractivity (Wildman–Crippen MR) is 92.0 cm³/mol. The summed E-state index contributed by atoms with van der Waals surface area (Å²) in [7, 11) is 3.26. The molecule has 0 fully saturated rings. The van der Waals surface area contributed by atoms with Crippen molar-refractivity contribution in [1.29, 1.82) is 0 Å². The molecule has 2 aromatic rings. The number of hydrogen-bond acceptors (Lipinski definition) is 4. The third kappa shape index (κ3) is 4.47. The Morgan fingerprint density at radius 3 is 2.26 bits per heavy atom. The van der Waals surface area contributed by atoms with Gasteiger partial charge in [0, 0.05) is 12.6 Å². The summed E-state index contributed by atoms with van der Waals surface area (Å²) in [6.07, 6.45) is 0.391. The van der Waals surface area contributed by atoms with Gasteiger partial charge < -0.3 is 19.9 Å². The lowest BCUT2D eigenvalue weighted by Crippen LogP contribution is -2.26. The number of benzene rings is 2. The number of hydrogen-bond donors (Lipinski definition) is 2. The topological polar surface area (TPSA) is 50.7 Å². The van der Waals surface area contributed by atoms with Crippen molar-refractivity contribution in [2.75, 3.05) is 20.8 Å². The van der Waals surface area contributed by atoms with Crippen LogP contribution in [0.25, 0.3) is 0 Å². The zero-order chi connectivity index (χ0) is 16.7. The highest BCUT2D eigenvalue weighted by Gasteiger charge is 2.15. The van der Waals surface area contributed by atoms with Gasteiger partial charge >= 0.3 is 0 Å². The number of aliphatic hydroxyl groups excluding tert-OH is 1. The van der Waals surface area contributed by atoms with E-state index in [1.165, 1.54) is 0 Å². The molecule has 0 amide bonds. The lowest BCUT2D eigenvalue weighted by atomic mass is 10.0. The summed E-state index contributed by atoms with van der Waals surface area (Å²) in [4.78, 5) is 0. The highest BCUT2D eigenvalue weighted by Crippen LogP contribution is 2.31. The maximum Gasteiger partial charge on any atom is 0.161 e. The Morgan fingerprint density at radius 1 is 0.957 bits per heavy atom. The van der Waals surface area contributed by atoms with Crippen LogP contribution in [0, 0.1) is 0 Å². The summed E-state index contributed by atoms with van der Waals surface area (Å²) in [5, 5.41) is 13.7. The maximum atomic E-state index is 10.3. The molecule has 4 heteroatoms. The molecule has 0 aromatic heterocycles. The SMILES string of the molecule is CCC(NCC(O)c1ccccc1)c1ccc(OC)c(OC)c1. The van der Waals surface area contributed by atoms with Gasteiger partial charge in [-0.2, -0.15) is 0 Å². The molecule has 0 heterocycles. The minimum absolute atomic E-state index is 0.146. The Kier molecular flexibility index (Phi) is 6.44. The van der Waals surface area contributed by atoms with Crippen molar-refractivity contribution in [3.8, 4) is 11.5 Å². The van der Waals surface area contributed by atoms with Crippen LogP contribution in [0.5, 0.6) is 11.5 Å². The molecule has 124 valence electrons. The standard InChI is InChI=1S/C19H25NO3/c1-4-16(15-10-11-18(22-2)19(12-15)23-3)20-13-17(21)14-8-6-5-7-9-14/h5-12,16-17,20-21H,4,13H2,1-3H3. The van der Waals surface area contributed by atoms with Crippen LogP contribution in [-0.4, -0.2) is 25.9 Å². The summed E-state index contributed by atoms with van der Waals surface area (Å²) in [5.41, 5.74) is 2.03. The summed E-state index contributed by atoms with van der Waals surface area (Å²) in [6.45, 7) is 2.61. The third-order valence-electron chi connectivity index (χ3n) is 3.96. The van der Waals surface area contributed by atoms with Gasteiger partial charge in [0.15, 0.2) is 11.5 Å². The van der Waals surface area contributed by atoms with Crippen molar-refractivity contribution in [3.63, 3.8) is 0 Å². The van der Waals surface area contributed by atoms with E-state index in [-0.39, 0.29) is 6.04 Å². The highest BCUT2D eigenvalue weighted by molar-refractivity contribution is 5.43. The van der Waals surface area contributed by atoms with Gasteiger partial charge in [-0.1, -0.05) is 43.3 Å². The van der Waals surface area contributed by atoms with Gasteiger partial charge in [-0.3, -0.25) is 0 Å². The van der Waals surface area contributed by atoms with Crippen molar-refractivity contribution in [2.24, 2.45) is 0 Å². The van der Waals surface area contributed by atoms with Gasteiger partial charge in [0.05, 0.1) is 20.3 Å². The summed E-state index contributed by atoms with van der Waals surface area (Å²) < 4.78 is 10.6. The average Bonchev–Trinajstić information content (AvgIpc) is 2.62. The molecule has 0 radical (unpaired) electrons. The molecular weight excluding hydrogens is 290 g/mol. The number of methoxy groups -OCH3 is 2. The fourth-order valence-corrected chi connectivity index (χ4v) is 2.61. The Balaban J connectivity index is 2.05. The van der Waals surface area contributed by atoms with E-state index in [0.717, 1.165) is 23.3 Å². The first-order valence-corrected chi connectivity index (χ1v) is 7.87. The van der Waals surface area contributed by atoms with E-state index in [4.69, 9.17) is 9.47 Å². The number of nitrogens with one attached hydrogen (secondary N) is 1. The van der Waals surface area contributed by atoms with Gasteiger partial charge in [-0.15, -0.1) is 0 Å². The fourth-order valence-electron chi connectivity index (χ4n) is 2.61. The van der Waals surface area contributed by atoms with Gasteiger partial charge in [-0.05, 0) is 29.7 Å². The minimum Gasteiger partial charge on any atom is -0.493 e. The second-order valence-corrected chi connectivity index (χ2v) is 5.41. The molecule has 0 saturated heterocycles. The Bertz CT molecular complexity index is 601. The monoisotopic (exact) mass is 315 g/mol. The zero-order valence-electron chi connectivity index (χ0n) is 14.0. The van der Waals surface area contributed by atoms with Crippen LogP contribution in [0.4, 0.5) is 0 Å². The van der Waals surface area contributed by atoms with E-state index in [2.05, 4.69) is 12.2 Å². The lowest BCUT2D eigenvalue weighted by molar-refractivity contribution is 0.169. The molecule has 2 aromatic carbocycles. The highest BCUT2D eigenvalue weighted by atomic mass is 16.5. The zero-order valence-corrected chi connectivity index (χ0v) is 14.0. The van der Waals surface area contributed by atoms with E-state index in [1.54, 1.807) is 14.2 Å². The summed E-state index contributed by atoms with van der Waals surface area (Å²) in [5.74, 6) is 1.43. The summed E-state index contributed by atoms with van der Waals surface area (Å²) in [6, 6.07) is 15.7. The molecular formula is C19H25NO3.